The average Bonchev–Trinajstić information content (AvgIpc) is 2.64. The third-order valence-corrected chi connectivity index (χ3v) is 3.95. The molecule has 0 bridgehead atoms. The topological polar surface area (TPSA) is 93.1 Å². The minimum Gasteiger partial charge on any atom is -0.497 e. The highest BCUT2D eigenvalue weighted by Gasteiger charge is 2.42. The molecule has 0 fully saturated rings. The number of rotatable bonds is 7. The van der Waals surface area contributed by atoms with Gasteiger partial charge in [-0.1, -0.05) is 24.3 Å². The highest BCUT2D eigenvalue weighted by atomic mass is 16.6. The molecule has 0 aromatic heterocycles. The van der Waals surface area contributed by atoms with E-state index in [9.17, 15) is 19.8 Å². The van der Waals surface area contributed by atoms with E-state index in [0.717, 1.165) is 0 Å². The second-order valence-corrected chi connectivity index (χ2v) is 5.61. The molecule has 26 heavy (non-hydrogen) atoms. The summed E-state index contributed by atoms with van der Waals surface area (Å²) in [6.45, 7) is 0. The number of methoxy groups -OCH3 is 2. The molecule has 136 valence electrons. The maximum Gasteiger partial charge on any atom is 0.233 e. The summed E-state index contributed by atoms with van der Waals surface area (Å²) in [5, 5.41) is 21.3. The lowest BCUT2D eigenvalue weighted by molar-refractivity contribution is -0.166. The van der Waals surface area contributed by atoms with Gasteiger partial charge in [0.15, 0.2) is 5.76 Å². The Kier molecular flexibility index (Phi) is 6.27. The summed E-state index contributed by atoms with van der Waals surface area (Å²) in [4.78, 5) is 21.2. The highest BCUT2D eigenvalue weighted by molar-refractivity contribution is 5.74. The number of hydrogen-bond acceptors (Lipinski definition) is 6. The van der Waals surface area contributed by atoms with Crippen molar-refractivity contribution in [2.75, 3.05) is 14.2 Å². The maximum atomic E-state index is 10.6. The third kappa shape index (κ3) is 4.17. The van der Waals surface area contributed by atoms with Gasteiger partial charge in [-0.3, -0.25) is 9.59 Å². The van der Waals surface area contributed by atoms with Gasteiger partial charge in [0, 0.05) is 0 Å². The van der Waals surface area contributed by atoms with Crippen molar-refractivity contribution in [1.29, 1.82) is 0 Å². The molecule has 6 heteroatoms. The van der Waals surface area contributed by atoms with E-state index in [1.165, 1.54) is 32.4 Å². The van der Waals surface area contributed by atoms with Crippen LogP contribution >= 0.6 is 0 Å². The van der Waals surface area contributed by atoms with Gasteiger partial charge in [-0.15, -0.1) is 0 Å². The Bertz CT molecular complexity index is 799. The molecule has 0 spiro atoms. The van der Waals surface area contributed by atoms with Crippen LogP contribution in [-0.4, -0.2) is 42.8 Å². The Hall–Kier alpha value is -2.96. The zero-order valence-electron chi connectivity index (χ0n) is 14.5. The zero-order valence-corrected chi connectivity index (χ0v) is 14.5. The van der Waals surface area contributed by atoms with E-state index < -0.39 is 11.7 Å². The van der Waals surface area contributed by atoms with Crippen LogP contribution in [0.25, 0.3) is 6.08 Å². The first-order chi connectivity index (χ1) is 12.5. The molecule has 0 aliphatic heterocycles. The number of allylic oxidation sites excluding steroid dienone is 5. The second kappa shape index (κ2) is 8.42. The van der Waals surface area contributed by atoms with Crippen molar-refractivity contribution in [3.63, 3.8) is 0 Å². The number of aldehydes is 2. The summed E-state index contributed by atoms with van der Waals surface area (Å²) in [6, 6.07) is 5.09. The molecule has 1 aromatic carbocycles. The minimum absolute atomic E-state index is 0.0525. The van der Waals surface area contributed by atoms with Gasteiger partial charge >= 0.3 is 0 Å². The molecule has 1 atom stereocenters. The molecular formula is C20H20O6. The normalized spacial score (nSPS) is 19.2. The zero-order chi connectivity index (χ0) is 19.2. The van der Waals surface area contributed by atoms with Crippen LogP contribution in [0.15, 0.2) is 59.9 Å². The average molecular weight is 356 g/mol. The van der Waals surface area contributed by atoms with Crippen molar-refractivity contribution in [2.45, 2.75) is 11.7 Å². The summed E-state index contributed by atoms with van der Waals surface area (Å²) in [7, 11) is 2.83. The first-order valence-electron chi connectivity index (χ1n) is 7.81. The van der Waals surface area contributed by atoms with E-state index in [-0.39, 0.29) is 5.76 Å². The molecule has 0 saturated heterocycles. The van der Waals surface area contributed by atoms with Crippen LogP contribution in [0.3, 0.4) is 0 Å². The number of carbonyl (C=O) groups excluding carboxylic acids is 2. The summed E-state index contributed by atoms with van der Waals surface area (Å²) in [5.74, 6) is -2.73. The van der Waals surface area contributed by atoms with E-state index in [1.807, 2.05) is 0 Å². The van der Waals surface area contributed by atoms with E-state index >= 15 is 0 Å². The molecule has 0 radical (unpaired) electrons. The molecule has 1 aromatic rings. The molecule has 2 rings (SSSR count). The Morgan fingerprint density at radius 3 is 2.31 bits per heavy atom. The van der Waals surface area contributed by atoms with E-state index in [2.05, 4.69) is 0 Å². The number of ether oxygens (including phenoxy) is 2. The summed E-state index contributed by atoms with van der Waals surface area (Å²) in [5.41, 5.74) is 1.79. The molecule has 6 nitrogen and oxygen atoms in total. The van der Waals surface area contributed by atoms with Gasteiger partial charge in [0.05, 0.1) is 20.1 Å². The number of hydrogen-bond donors (Lipinski definition) is 2. The van der Waals surface area contributed by atoms with Crippen LogP contribution in [0.4, 0.5) is 0 Å². The Morgan fingerprint density at radius 1 is 1.00 bits per heavy atom. The SMILES string of the molecule is COC1=CC(/C=C/C=O)=CC(c2cc(/C=C/C=O)cc(OC)c2)C1(O)O. The lowest BCUT2D eigenvalue weighted by Gasteiger charge is -2.34. The van der Waals surface area contributed by atoms with Crippen LogP contribution < -0.4 is 4.74 Å². The van der Waals surface area contributed by atoms with E-state index in [4.69, 9.17) is 9.47 Å². The molecule has 1 aliphatic carbocycles. The van der Waals surface area contributed by atoms with Crippen LogP contribution in [0.1, 0.15) is 17.0 Å². The third-order valence-electron chi connectivity index (χ3n) is 3.95. The van der Waals surface area contributed by atoms with Crippen LogP contribution in [-0.2, 0) is 14.3 Å². The molecular weight excluding hydrogens is 336 g/mol. The smallest absolute Gasteiger partial charge is 0.233 e. The van der Waals surface area contributed by atoms with Gasteiger partial charge in [0.25, 0.3) is 0 Å². The van der Waals surface area contributed by atoms with Gasteiger partial charge in [-0.2, -0.15) is 0 Å². The highest BCUT2D eigenvalue weighted by Crippen LogP contribution is 2.40. The maximum absolute atomic E-state index is 10.6. The van der Waals surface area contributed by atoms with Crippen molar-refractivity contribution in [3.8, 4) is 5.75 Å². The van der Waals surface area contributed by atoms with Gasteiger partial charge in [0.1, 0.15) is 18.3 Å². The monoisotopic (exact) mass is 356 g/mol. The predicted octanol–water partition coefficient (Wildman–Crippen LogP) is 1.90. The Morgan fingerprint density at radius 2 is 1.69 bits per heavy atom. The minimum atomic E-state index is -2.29. The molecule has 0 heterocycles. The van der Waals surface area contributed by atoms with Gasteiger partial charge in [0.2, 0.25) is 5.79 Å². The fourth-order valence-electron chi connectivity index (χ4n) is 2.75. The predicted molar refractivity (Wildman–Crippen MR) is 96.4 cm³/mol. The molecule has 1 aliphatic rings. The lowest BCUT2D eigenvalue weighted by atomic mass is 9.82. The van der Waals surface area contributed by atoms with Gasteiger partial charge in [-0.25, -0.2) is 0 Å². The number of aliphatic hydroxyl groups is 2. The first kappa shape index (κ1) is 19.4. The molecule has 0 amide bonds. The van der Waals surface area contributed by atoms with Gasteiger partial charge < -0.3 is 19.7 Å². The standard InChI is InChI=1S/C20H20O6/c1-25-17-10-14(5-3-7-21)9-16(13-17)18-11-15(6-4-8-22)12-19(26-2)20(18,23)24/h3-13,18,23-24H,1-2H3/b5-3+,6-4+. The van der Waals surface area contributed by atoms with Crippen LogP contribution in [0.5, 0.6) is 5.75 Å². The molecule has 0 saturated carbocycles. The molecule has 2 N–H and O–H groups in total. The fourth-order valence-corrected chi connectivity index (χ4v) is 2.75. The summed E-state index contributed by atoms with van der Waals surface area (Å²) >= 11 is 0. The van der Waals surface area contributed by atoms with E-state index in [1.54, 1.807) is 36.4 Å². The van der Waals surface area contributed by atoms with Crippen molar-refractivity contribution >= 4 is 18.6 Å². The first-order valence-corrected chi connectivity index (χ1v) is 7.81. The van der Waals surface area contributed by atoms with Crippen molar-refractivity contribution in [3.05, 3.63) is 71.0 Å². The van der Waals surface area contributed by atoms with Crippen molar-refractivity contribution in [2.24, 2.45) is 0 Å². The van der Waals surface area contributed by atoms with Gasteiger partial charge in [-0.05, 0) is 47.1 Å². The quantitative estimate of drug-likeness (QED) is 0.440. The Labute approximate surface area is 151 Å². The van der Waals surface area contributed by atoms with Crippen molar-refractivity contribution < 1.29 is 29.3 Å². The summed E-state index contributed by atoms with van der Waals surface area (Å²) in [6.07, 6.45) is 10.1. The van der Waals surface area contributed by atoms with E-state index in [0.29, 0.717) is 35.0 Å². The Balaban J connectivity index is 2.59. The number of benzene rings is 1. The van der Waals surface area contributed by atoms with Crippen LogP contribution in [0, 0.1) is 0 Å². The second-order valence-electron chi connectivity index (χ2n) is 5.61. The number of carbonyl (C=O) groups is 2. The van der Waals surface area contributed by atoms with Crippen LogP contribution in [0.2, 0.25) is 0 Å². The van der Waals surface area contributed by atoms with Crippen molar-refractivity contribution in [1.82, 2.24) is 0 Å². The largest absolute Gasteiger partial charge is 0.497 e. The molecule has 1 unspecified atom stereocenters. The summed E-state index contributed by atoms with van der Waals surface area (Å²) < 4.78 is 10.4. The fraction of sp³-hybridized carbons (Fsp3) is 0.200. The lowest BCUT2D eigenvalue weighted by Crippen LogP contribution is -2.40.